The van der Waals surface area contributed by atoms with E-state index in [-0.39, 0.29) is 0 Å². The van der Waals surface area contributed by atoms with Crippen LogP contribution in [-0.2, 0) is 25.7 Å². The summed E-state index contributed by atoms with van der Waals surface area (Å²) >= 11 is 0. The topological polar surface area (TPSA) is 0 Å². The molecule has 0 N–H and O–H groups in total. The molecule has 216 valence electrons. The summed E-state index contributed by atoms with van der Waals surface area (Å²) in [5.41, 5.74) is 11.4. The summed E-state index contributed by atoms with van der Waals surface area (Å²) in [6.07, 6.45) is 13.2. The zero-order chi connectivity index (χ0) is 28.9. The fraction of sp³-hybridized carbons (Fsp3) is 0.400. The van der Waals surface area contributed by atoms with E-state index in [9.17, 15) is 0 Å². The van der Waals surface area contributed by atoms with Gasteiger partial charge in [0.1, 0.15) is 6.15 Å². The van der Waals surface area contributed by atoms with Crippen LogP contribution in [0.15, 0.2) is 97.1 Å². The van der Waals surface area contributed by atoms with Crippen molar-refractivity contribution in [2.45, 2.75) is 105 Å². The molecule has 1 heteroatoms. The first-order valence-electron chi connectivity index (χ1n) is 16.7. The summed E-state index contributed by atoms with van der Waals surface area (Å²) in [4.78, 5) is 0. The van der Waals surface area contributed by atoms with Crippen LogP contribution in [0.3, 0.4) is 0 Å². The van der Waals surface area contributed by atoms with Crippen LogP contribution >= 0.6 is 0 Å². The first kappa shape index (κ1) is 30.9. The Morgan fingerprint density at radius 2 is 0.512 bits per heavy atom. The molecule has 0 saturated carbocycles. The molecule has 41 heavy (non-hydrogen) atoms. The summed E-state index contributed by atoms with van der Waals surface area (Å²) in [6.45, 7) is 9.12. The molecule has 4 rings (SSSR count). The largest absolute Gasteiger partial charge is 0.195 e. The van der Waals surface area contributed by atoms with E-state index >= 15 is 0 Å². The Hall–Kier alpha value is -3.06. The van der Waals surface area contributed by atoms with Gasteiger partial charge in [-0.15, -0.1) is 0 Å². The zero-order valence-corrected chi connectivity index (χ0v) is 26.3. The molecule has 0 aromatic heterocycles. The van der Waals surface area contributed by atoms with Crippen molar-refractivity contribution in [1.82, 2.24) is 0 Å². The van der Waals surface area contributed by atoms with Gasteiger partial charge in [0.2, 0.25) is 0 Å². The Kier molecular flexibility index (Phi) is 11.9. The average Bonchev–Trinajstić information content (AvgIpc) is 3.03. The SMILES string of the molecule is CCCCc1ccc([B-](c2ccc(CCCC)cc2)(c2ccc(CCCC)cc2)c2ccc(CCCC)cc2)cc1. The van der Waals surface area contributed by atoms with Crippen LogP contribution < -0.4 is 21.9 Å². The van der Waals surface area contributed by atoms with E-state index in [4.69, 9.17) is 0 Å². The molecule has 0 spiro atoms. The van der Waals surface area contributed by atoms with Gasteiger partial charge in [-0.25, -0.2) is 0 Å². The fourth-order valence-electron chi connectivity index (χ4n) is 6.57. The van der Waals surface area contributed by atoms with Gasteiger partial charge in [0, 0.05) is 0 Å². The molecule has 4 aromatic rings. The molecule has 0 aliphatic heterocycles. The monoisotopic (exact) mass is 543 g/mol. The predicted molar refractivity (Wildman–Crippen MR) is 185 cm³/mol. The predicted octanol–water partition coefficient (Wildman–Crippen LogP) is 8.43. The molecule has 0 bridgehead atoms. The van der Waals surface area contributed by atoms with Crippen molar-refractivity contribution in [3.8, 4) is 0 Å². The second kappa shape index (κ2) is 15.8. The highest BCUT2D eigenvalue weighted by Gasteiger charge is 2.31. The van der Waals surface area contributed by atoms with Gasteiger partial charge in [0.05, 0.1) is 0 Å². The number of benzene rings is 4. The Balaban J connectivity index is 1.91. The van der Waals surface area contributed by atoms with E-state index in [1.54, 1.807) is 0 Å². The number of hydrogen-bond acceptors (Lipinski definition) is 0. The lowest BCUT2D eigenvalue weighted by atomic mass is 9.13. The number of unbranched alkanes of at least 4 members (excludes halogenated alkanes) is 4. The lowest BCUT2D eigenvalue weighted by Crippen LogP contribution is -2.74. The molecular formula is C40H52B-. The highest BCUT2D eigenvalue weighted by Crippen LogP contribution is 2.15. The van der Waals surface area contributed by atoms with Gasteiger partial charge in [0.15, 0.2) is 0 Å². The molecule has 0 heterocycles. The summed E-state index contributed by atoms with van der Waals surface area (Å²) < 4.78 is 0. The standard InChI is InChI=1S/C40H52B/c1-5-9-13-33-17-25-37(26-18-33)41(38-27-19-34(20-28-38)14-10-6-2,39-29-21-35(22-30-39)15-11-7-3)40-31-23-36(24-32-40)16-12-8-4/h17-32H,5-16H2,1-4H3/q-1. The van der Waals surface area contributed by atoms with Crippen LogP contribution in [0.4, 0.5) is 0 Å². The van der Waals surface area contributed by atoms with Crippen molar-refractivity contribution in [2.75, 3.05) is 0 Å². The Morgan fingerprint density at radius 3 is 0.683 bits per heavy atom. The minimum absolute atomic E-state index is 1.15. The summed E-state index contributed by atoms with van der Waals surface area (Å²) in [5, 5.41) is 0. The Labute approximate surface area is 251 Å². The van der Waals surface area contributed by atoms with E-state index in [0.717, 1.165) is 25.7 Å². The van der Waals surface area contributed by atoms with E-state index < -0.39 is 6.15 Å². The van der Waals surface area contributed by atoms with Gasteiger partial charge in [-0.3, -0.25) is 0 Å². The maximum absolute atomic E-state index is 2.44. The van der Waals surface area contributed by atoms with Gasteiger partial charge >= 0.3 is 0 Å². The third-order valence-electron chi connectivity index (χ3n) is 9.19. The lowest BCUT2D eigenvalue weighted by molar-refractivity contribution is 0.795. The zero-order valence-electron chi connectivity index (χ0n) is 26.3. The Morgan fingerprint density at radius 1 is 0.317 bits per heavy atom. The Bertz CT molecular complexity index is 1070. The van der Waals surface area contributed by atoms with Gasteiger partial charge in [-0.1, -0.05) is 150 Å². The highest BCUT2D eigenvalue weighted by atomic mass is 14.1. The average molecular weight is 544 g/mol. The van der Waals surface area contributed by atoms with Crippen LogP contribution in [0, 0.1) is 0 Å². The quantitative estimate of drug-likeness (QED) is 0.124. The number of hydrogen-bond donors (Lipinski definition) is 0. The minimum Gasteiger partial charge on any atom is -0.195 e. The van der Waals surface area contributed by atoms with Gasteiger partial charge in [-0.05, 0) is 73.6 Å². The van der Waals surface area contributed by atoms with Crippen LogP contribution in [0.1, 0.15) is 101 Å². The molecule has 0 aliphatic carbocycles. The first-order valence-corrected chi connectivity index (χ1v) is 16.7. The van der Waals surface area contributed by atoms with Crippen molar-refractivity contribution < 1.29 is 0 Å². The molecule has 0 saturated heterocycles. The third-order valence-corrected chi connectivity index (χ3v) is 9.19. The lowest BCUT2D eigenvalue weighted by Gasteiger charge is -2.44. The molecule has 0 fully saturated rings. The van der Waals surface area contributed by atoms with Gasteiger partial charge in [-0.2, -0.15) is 21.9 Å². The maximum atomic E-state index is 2.44. The molecule has 0 nitrogen and oxygen atoms in total. The smallest absolute Gasteiger partial charge is 0.108 e. The maximum Gasteiger partial charge on any atom is 0.108 e. The molecule has 0 amide bonds. The van der Waals surface area contributed by atoms with E-state index in [1.807, 2.05) is 0 Å². The summed E-state index contributed by atoms with van der Waals surface area (Å²) in [7, 11) is 0. The number of rotatable bonds is 16. The van der Waals surface area contributed by atoms with Crippen LogP contribution in [0.5, 0.6) is 0 Å². The van der Waals surface area contributed by atoms with E-state index in [1.165, 1.54) is 95.5 Å². The number of aryl methyl sites for hydroxylation is 4. The van der Waals surface area contributed by atoms with Crippen LogP contribution in [0.2, 0.25) is 0 Å². The van der Waals surface area contributed by atoms with Gasteiger partial charge in [0.25, 0.3) is 0 Å². The van der Waals surface area contributed by atoms with Gasteiger partial charge < -0.3 is 0 Å². The molecule has 0 aliphatic rings. The molecule has 4 aromatic carbocycles. The van der Waals surface area contributed by atoms with Crippen molar-refractivity contribution >= 4 is 28.0 Å². The van der Waals surface area contributed by atoms with E-state index in [2.05, 4.69) is 125 Å². The third kappa shape index (κ3) is 7.62. The normalized spacial score (nSPS) is 11.6. The van der Waals surface area contributed by atoms with Crippen LogP contribution in [-0.4, -0.2) is 6.15 Å². The molecule has 0 radical (unpaired) electrons. The second-order valence-electron chi connectivity index (χ2n) is 12.2. The molecular weight excluding hydrogens is 491 g/mol. The van der Waals surface area contributed by atoms with Crippen molar-refractivity contribution in [1.29, 1.82) is 0 Å². The van der Waals surface area contributed by atoms with Crippen molar-refractivity contribution in [2.24, 2.45) is 0 Å². The first-order chi connectivity index (χ1) is 20.1. The van der Waals surface area contributed by atoms with Crippen molar-refractivity contribution in [3.63, 3.8) is 0 Å². The van der Waals surface area contributed by atoms with Crippen molar-refractivity contribution in [3.05, 3.63) is 119 Å². The van der Waals surface area contributed by atoms with Crippen LogP contribution in [0.25, 0.3) is 0 Å². The molecule has 0 atom stereocenters. The molecule has 0 unspecified atom stereocenters. The summed E-state index contributed by atoms with van der Waals surface area (Å²) in [6, 6.07) is 38.6. The fourth-order valence-corrected chi connectivity index (χ4v) is 6.57. The minimum atomic E-state index is -1.34. The second-order valence-corrected chi connectivity index (χ2v) is 12.2. The summed E-state index contributed by atoms with van der Waals surface area (Å²) in [5.74, 6) is 0. The van der Waals surface area contributed by atoms with E-state index in [0.29, 0.717) is 0 Å². The highest BCUT2D eigenvalue weighted by molar-refractivity contribution is 7.19.